The van der Waals surface area contributed by atoms with E-state index in [1.54, 1.807) is 6.20 Å². The van der Waals surface area contributed by atoms with Crippen molar-refractivity contribution in [2.24, 2.45) is 0 Å². The largest absolute Gasteiger partial charge is 0.465 e. The van der Waals surface area contributed by atoms with Gasteiger partial charge in [0.15, 0.2) is 0 Å². The monoisotopic (exact) mass is 360 g/mol. The first-order valence-corrected chi connectivity index (χ1v) is 8.74. The van der Waals surface area contributed by atoms with Crippen LogP contribution in [0.2, 0.25) is 5.02 Å². The van der Waals surface area contributed by atoms with Gasteiger partial charge in [-0.1, -0.05) is 29.8 Å². The first-order valence-electron chi connectivity index (χ1n) is 8.37. The average Bonchev–Trinajstić information content (AvgIpc) is 2.53. The van der Waals surface area contributed by atoms with Crippen LogP contribution in [0.3, 0.4) is 0 Å². The standard InChI is InChI=1S/C20H25ClN2O2/c1-14(23(19(24)25)20(2,3)4)18(16-6-5-11-22-13-16)12-15-7-9-17(21)10-8-15/h5-11,13-14,18H,12H2,1-4H3,(H,24,25). The summed E-state index contributed by atoms with van der Waals surface area (Å²) in [6.07, 6.45) is 3.35. The van der Waals surface area contributed by atoms with Gasteiger partial charge in [0.25, 0.3) is 0 Å². The summed E-state index contributed by atoms with van der Waals surface area (Å²) in [4.78, 5) is 17.7. The number of hydrogen-bond donors (Lipinski definition) is 1. The van der Waals surface area contributed by atoms with Crippen molar-refractivity contribution in [2.45, 2.75) is 51.6 Å². The molecule has 0 bridgehead atoms. The molecule has 2 unspecified atom stereocenters. The molecule has 0 aliphatic carbocycles. The number of rotatable bonds is 5. The highest BCUT2D eigenvalue weighted by atomic mass is 35.5. The van der Waals surface area contributed by atoms with Crippen LogP contribution in [-0.2, 0) is 6.42 Å². The molecule has 0 aliphatic rings. The van der Waals surface area contributed by atoms with Gasteiger partial charge in [0.05, 0.1) is 0 Å². The van der Waals surface area contributed by atoms with Gasteiger partial charge in [0.2, 0.25) is 0 Å². The van der Waals surface area contributed by atoms with Gasteiger partial charge in [-0.2, -0.15) is 0 Å². The molecule has 2 atom stereocenters. The predicted molar refractivity (Wildman–Crippen MR) is 101 cm³/mol. The number of carbonyl (C=O) groups is 1. The van der Waals surface area contributed by atoms with Crippen LogP contribution in [0.15, 0.2) is 48.8 Å². The maximum absolute atomic E-state index is 11.9. The van der Waals surface area contributed by atoms with Crippen molar-refractivity contribution >= 4 is 17.7 Å². The van der Waals surface area contributed by atoms with Crippen molar-refractivity contribution in [3.63, 3.8) is 0 Å². The predicted octanol–water partition coefficient (Wildman–Crippen LogP) is 5.23. The number of aromatic nitrogens is 1. The Kier molecular flexibility index (Phi) is 6.07. The molecule has 1 amide bonds. The number of pyridine rings is 1. The minimum absolute atomic E-state index is 0.00907. The molecule has 0 radical (unpaired) electrons. The van der Waals surface area contributed by atoms with Crippen molar-refractivity contribution in [3.05, 3.63) is 64.9 Å². The van der Waals surface area contributed by atoms with Gasteiger partial charge in [-0.15, -0.1) is 0 Å². The molecule has 4 nitrogen and oxygen atoms in total. The fourth-order valence-corrected chi connectivity index (χ4v) is 3.41. The molecule has 1 aromatic heterocycles. The van der Waals surface area contributed by atoms with E-state index in [-0.39, 0.29) is 12.0 Å². The quantitative estimate of drug-likeness (QED) is 0.794. The van der Waals surface area contributed by atoms with Crippen molar-refractivity contribution in [3.8, 4) is 0 Å². The van der Waals surface area contributed by atoms with Crippen molar-refractivity contribution in [2.75, 3.05) is 0 Å². The van der Waals surface area contributed by atoms with Crippen LogP contribution in [-0.4, -0.2) is 32.7 Å². The molecule has 0 fully saturated rings. The van der Waals surface area contributed by atoms with Gasteiger partial charge < -0.3 is 10.0 Å². The van der Waals surface area contributed by atoms with Crippen LogP contribution in [0.1, 0.15) is 44.7 Å². The Morgan fingerprint density at radius 2 is 1.88 bits per heavy atom. The third-order valence-electron chi connectivity index (χ3n) is 4.40. The third-order valence-corrected chi connectivity index (χ3v) is 4.65. The maximum Gasteiger partial charge on any atom is 0.407 e. The van der Waals surface area contributed by atoms with Crippen LogP contribution < -0.4 is 0 Å². The lowest BCUT2D eigenvalue weighted by Crippen LogP contribution is -2.52. The van der Waals surface area contributed by atoms with Crippen LogP contribution in [0.25, 0.3) is 0 Å². The van der Waals surface area contributed by atoms with Crippen molar-refractivity contribution in [1.82, 2.24) is 9.88 Å². The van der Waals surface area contributed by atoms with Gasteiger partial charge >= 0.3 is 6.09 Å². The van der Waals surface area contributed by atoms with Crippen LogP contribution in [0, 0.1) is 0 Å². The zero-order valence-corrected chi connectivity index (χ0v) is 15.9. The Morgan fingerprint density at radius 1 is 1.24 bits per heavy atom. The molecule has 5 heteroatoms. The molecule has 0 saturated heterocycles. The van der Waals surface area contributed by atoms with Crippen molar-refractivity contribution in [1.29, 1.82) is 0 Å². The van der Waals surface area contributed by atoms with Crippen LogP contribution >= 0.6 is 11.6 Å². The van der Waals surface area contributed by atoms with Crippen molar-refractivity contribution < 1.29 is 9.90 Å². The molecular weight excluding hydrogens is 336 g/mol. The smallest absolute Gasteiger partial charge is 0.407 e. The second kappa shape index (κ2) is 7.87. The molecule has 2 rings (SSSR count). The third kappa shape index (κ3) is 4.95. The summed E-state index contributed by atoms with van der Waals surface area (Å²) in [5.41, 5.74) is 1.65. The summed E-state index contributed by atoms with van der Waals surface area (Å²) in [5.74, 6) is -0.00907. The lowest BCUT2D eigenvalue weighted by atomic mass is 9.85. The van der Waals surface area contributed by atoms with Crippen LogP contribution in [0.4, 0.5) is 4.79 Å². The highest BCUT2D eigenvalue weighted by molar-refractivity contribution is 6.30. The van der Waals surface area contributed by atoms with Gasteiger partial charge in [-0.25, -0.2) is 4.79 Å². The SMILES string of the molecule is CC(C(Cc1ccc(Cl)cc1)c1cccnc1)N(C(=O)O)C(C)(C)C. The molecule has 134 valence electrons. The summed E-state index contributed by atoms with van der Waals surface area (Å²) in [5, 5.41) is 10.5. The molecular formula is C20H25ClN2O2. The Hall–Kier alpha value is -2.07. The Bertz CT molecular complexity index is 696. The van der Waals surface area contributed by atoms with E-state index in [9.17, 15) is 9.90 Å². The number of benzene rings is 1. The summed E-state index contributed by atoms with van der Waals surface area (Å²) < 4.78 is 0. The first kappa shape index (κ1) is 19.3. The molecule has 0 saturated carbocycles. The second-order valence-electron chi connectivity index (χ2n) is 7.29. The lowest BCUT2D eigenvalue weighted by Gasteiger charge is -2.41. The number of carboxylic acid groups (broad SMARTS) is 1. The normalized spacial score (nSPS) is 14.0. The van der Waals surface area contributed by atoms with Gasteiger partial charge in [-0.3, -0.25) is 4.98 Å². The zero-order chi connectivity index (χ0) is 18.6. The van der Waals surface area contributed by atoms with E-state index < -0.39 is 11.6 Å². The second-order valence-corrected chi connectivity index (χ2v) is 7.72. The van der Waals surface area contributed by atoms with E-state index >= 15 is 0 Å². The van der Waals surface area contributed by atoms with E-state index in [0.29, 0.717) is 11.4 Å². The topological polar surface area (TPSA) is 53.4 Å². The highest BCUT2D eigenvalue weighted by Crippen LogP contribution is 2.31. The fraction of sp³-hybridized carbons (Fsp3) is 0.400. The zero-order valence-electron chi connectivity index (χ0n) is 15.1. The molecule has 1 heterocycles. The van der Waals surface area contributed by atoms with E-state index in [4.69, 9.17) is 11.6 Å². The minimum Gasteiger partial charge on any atom is -0.465 e. The van der Waals surface area contributed by atoms with Gasteiger partial charge in [0, 0.05) is 34.9 Å². The minimum atomic E-state index is -0.912. The van der Waals surface area contributed by atoms with E-state index in [2.05, 4.69) is 4.98 Å². The summed E-state index contributed by atoms with van der Waals surface area (Å²) >= 11 is 5.98. The Morgan fingerprint density at radius 3 is 2.36 bits per heavy atom. The Balaban J connectivity index is 2.40. The van der Waals surface area contributed by atoms with E-state index in [0.717, 1.165) is 11.1 Å². The molecule has 1 N–H and O–H groups in total. The van der Waals surface area contributed by atoms with E-state index in [1.165, 1.54) is 4.90 Å². The summed E-state index contributed by atoms with van der Waals surface area (Å²) in [6.45, 7) is 7.72. The molecule has 0 aliphatic heterocycles. The van der Waals surface area contributed by atoms with Crippen LogP contribution in [0.5, 0.6) is 0 Å². The summed E-state index contributed by atoms with van der Waals surface area (Å²) in [6, 6.07) is 11.4. The van der Waals surface area contributed by atoms with Gasteiger partial charge in [0.1, 0.15) is 0 Å². The number of amides is 1. The molecule has 2 aromatic rings. The van der Waals surface area contributed by atoms with E-state index in [1.807, 2.05) is 70.3 Å². The first-order chi connectivity index (χ1) is 11.7. The lowest BCUT2D eigenvalue weighted by molar-refractivity contribution is 0.0664. The molecule has 25 heavy (non-hydrogen) atoms. The average molecular weight is 361 g/mol. The summed E-state index contributed by atoms with van der Waals surface area (Å²) in [7, 11) is 0. The molecule has 0 spiro atoms. The fourth-order valence-electron chi connectivity index (χ4n) is 3.29. The van der Waals surface area contributed by atoms with Gasteiger partial charge in [-0.05, 0) is 63.4 Å². The number of hydrogen-bond acceptors (Lipinski definition) is 2. The Labute approximate surface area is 154 Å². The maximum atomic E-state index is 11.9. The number of halogens is 1. The molecule has 1 aromatic carbocycles. The highest BCUT2D eigenvalue weighted by Gasteiger charge is 2.35. The number of nitrogens with zero attached hydrogens (tertiary/aromatic N) is 2.